The molecule has 0 fully saturated rings. The molecule has 0 saturated heterocycles. The number of benzene rings is 1. The van der Waals surface area contributed by atoms with Gasteiger partial charge in [-0.1, -0.05) is 12.1 Å². The maximum atomic E-state index is 4.47. The second-order valence-electron chi connectivity index (χ2n) is 4.24. The Balaban J connectivity index is 2.36. The Hall–Kier alpha value is -1.57. The van der Waals surface area contributed by atoms with Crippen molar-refractivity contribution in [1.82, 2.24) is 4.98 Å². The molecular formula is C13H14N2. The smallest absolute Gasteiger partial charge is 0.0635 e. The van der Waals surface area contributed by atoms with Gasteiger partial charge in [-0.25, -0.2) is 0 Å². The quantitative estimate of drug-likeness (QED) is 0.674. The van der Waals surface area contributed by atoms with E-state index in [1.807, 2.05) is 0 Å². The molecule has 2 aromatic rings. The van der Waals surface area contributed by atoms with Crippen LogP contribution in [-0.2, 0) is 6.42 Å². The number of aryl methyl sites for hydroxylation is 1. The van der Waals surface area contributed by atoms with E-state index in [1.54, 1.807) is 0 Å². The fraction of sp³-hybridized carbons (Fsp3) is 0.308. The van der Waals surface area contributed by atoms with Gasteiger partial charge in [0.25, 0.3) is 0 Å². The molecule has 1 aromatic heterocycles. The fourth-order valence-electron chi connectivity index (χ4n) is 2.35. The van der Waals surface area contributed by atoms with Gasteiger partial charge in [-0.05, 0) is 37.5 Å². The predicted molar refractivity (Wildman–Crippen MR) is 63.8 cm³/mol. The number of hydrogen-bond acceptors (Lipinski definition) is 1. The molecule has 0 atom stereocenters. The number of aliphatic imine (C=N–C) groups is 1. The molecule has 1 aliphatic rings. The molecular weight excluding hydrogens is 184 g/mol. The predicted octanol–water partition coefficient (Wildman–Crippen LogP) is 2.84. The Labute approximate surface area is 89.0 Å². The summed E-state index contributed by atoms with van der Waals surface area (Å²) in [7, 11) is 0. The number of aromatic nitrogens is 1. The van der Waals surface area contributed by atoms with Crippen LogP contribution in [0.15, 0.2) is 23.2 Å². The highest BCUT2D eigenvalue weighted by Gasteiger charge is 2.16. The van der Waals surface area contributed by atoms with Crippen LogP contribution in [0.3, 0.4) is 0 Å². The van der Waals surface area contributed by atoms with Crippen LogP contribution in [0.4, 0.5) is 0 Å². The van der Waals surface area contributed by atoms with E-state index in [1.165, 1.54) is 27.7 Å². The lowest BCUT2D eigenvalue weighted by Crippen LogP contribution is -2.08. The van der Waals surface area contributed by atoms with Gasteiger partial charge >= 0.3 is 0 Å². The van der Waals surface area contributed by atoms with Gasteiger partial charge in [-0.15, -0.1) is 0 Å². The molecule has 2 nitrogen and oxygen atoms in total. The summed E-state index contributed by atoms with van der Waals surface area (Å²) >= 11 is 0. The van der Waals surface area contributed by atoms with Gasteiger partial charge in [0.05, 0.1) is 11.4 Å². The van der Waals surface area contributed by atoms with Gasteiger partial charge in [0.15, 0.2) is 0 Å². The first-order valence-corrected chi connectivity index (χ1v) is 5.38. The molecule has 3 rings (SSSR count). The average Bonchev–Trinajstić information content (AvgIpc) is 2.57. The minimum absolute atomic E-state index is 0.930. The number of nitrogens with zero attached hydrogens (tertiary/aromatic N) is 1. The van der Waals surface area contributed by atoms with Crippen LogP contribution in [-0.4, -0.2) is 17.2 Å². The standard InChI is InChI=1S/C13H14N2/c1-8-3-4-10-11-5-6-14-9(2)13(11)15-12(10)7-8/h3-4,7,15H,5-6H2,1-2H3. The summed E-state index contributed by atoms with van der Waals surface area (Å²) in [4.78, 5) is 7.95. The Morgan fingerprint density at radius 1 is 1.27 bits per heavy atom. The third kappa shape index (κ3) is 1.21. The summed E-state index contributed by atoms with van der Waals surface area (Å²) in [6.45, 7) is 5.14. The molecule has 1 aliphatic heterocycles. The summed E-state index contributed by atoms with van der Waals surface area (Å²) in [5.74, 6) is 0. The first-order chi connectivity index (χ1) is 7.25. The van der Waals surface area contributed by atoms with E-state index in [9.17, 15) is 0 Å². The highest BCUT2D eigenvalue weighted by atomic mass is 14.8. The van der Waals surface area contributed by atoms with Crippen LogP contribution < -0.4 is 0 Å². The van der Waals surface area contributed by atoms with E-state index in [0.29, 0.717) is 0 Å². The SMILES string of the molecule is CC1=NCCc2c1[nH]c1cc(C)ccc21. The largest absolute Gasteiger partial charge is 0.353 e. The lowest BCUT2D eigenvalue weighted by molar-refractivity contribution is 0.945. The zero-order valence-corrected chi connectivity index (χ0v) is 9.09. The third-order valence-electron chi connectivity index (χ3n) is 3.13. The van der Waals surface area contributed by atoms with Gasteiger partial charge in [0.2, 0.25) is 0 Å². The number of aromatic amines is 1. The molecule has 0 spiro atoms. The molecule has 1 N–H and O–H groups in total. The molecule has 0 radical (unpaired) electrons. The molecule has 2 heterocycles. The van der Waals surface area contributed by atoms with E-state index >= 15 is 0 Å². The Kier molecular flexibility index (Phi) is 1.72. The molecule has 0 amide bonds. The Morgan fingerprint density at radius 3 is 3.00 bits per heavy atom. The summed E-state index contributed by atoms with van der Waals surface area (Å²) in [5.41, 5.74) is 6.37. The highest BCUT2D eigenvalue weighted by Crippen LogP contribution is 2.26. The van der Waals surface area contributed by atoms with Crippen molar-refractivity contribution >= 4 is 16.6 Å². The lowest BCUT2D eigenvalue weighted by Gasteiger charge is -2.08. The van der Waals surface area contributed by atoms with Crippen molar-refractivity contribution in [2.45, 2.75) is 20.3 Å². The minimum Gasteiger partial charge on any atom is -0.353 e. The maximum Gasteiger partial charge on any atom is 0.0635 e. The number of nitrogens with one attached hydrogen (secondary N) is 1. The first-order valence-electron chi connectivity index (χ1n) is 5.38. The average molecular weight is 198 g/mol. The second-order valence-corrected chi connectivity index (χ2v) is 4.24. The van der Waals surface area contributed by atoms with Crippen molar-refractivity contribution in [1.29, 1.82) is 0 Å². The topological polar surface area (TPSA) is 28.1 Å². The first kappa shape index (κ1) is 8.72. The molecule has 76 valence electrons. The molecule has 1 aromatic carbocycles. The van der Waals surface area contributed by atoms with Crippen molar-refractivity contribution in [3.05, 3.63) is 35.0 Å². The van der Waals surface area contributed by atoms with Gasteiger partial charge in [0.1, 0.15) is 0 Å². The third-order valence-corrected chi connectivity index (χ3v) is 3.13. The van der Waals surface area contributed by atoms with Gasteiger partial charge in [-0.2, -0.15) is 0 Å². The van der Waals surface area contributed by atoms with E-state index in [4.69, 9.17) is 0 Å². The van der Waals surface area contributed by atoms with E-state index in [0.717, 1.165) is 18.7 Å². The maximum absolute atomic E-state index is 4.47. The molecule has 0 bridgehead atoms. The van der Waals surface area contributed by atoms with Crippen molar-refractivity contribution in [3.8, 4) is 0 Å². The number of hydrogen-bond donors (Lipinski definition) is 1. The van der Waals surface area contributed by atoms with Crippen molar-refractivity contribution in [2.24, 2.45) is 4.99 Å². The van der Waals surface area contributed by atoms with Crippen molar-refractivity contribution in [2.75, 3.05) is 6.54 Å². The van der Waals surface area contributed by atoms with E-state index in [2.05, 4.69) is 42.0 Å². The molecule has 15 heavy (non-hydrogen) atoms. The van der Waals surface area contributed by atoms with Crippen molar-refractivity contribution in [3.63, 3.8) is 0 Å². The van der Waals surface area contributed by atoms with Crippen LogP contribution in [0, 0.1) is 6.92 Å². The summed E-state index contributed by atoms with van der Waals surface area (Å²) in [6.07, 6.45) is 1.07. The molecule has 2 heteroatoms. The number of H-pyrrole nitrogens is 1. The van der Waals surface area contributed by atoms with Crippen LogP contribution in [0.1, 0.15) is 23.7 Å². The van der Waals surface area contributed by atoms with Crippen LogP contribution in [0.25, 0.3) is 10.9 Å². The van der Waals surface area contributed by atoms with E-state index < -0.39 is 0 Å². The second kappa shape index (κ2) is 2.96. The van der Waals surface area contributed by atoms with E-state index in [-0.39, 0.29) is 0 Å². The molecule has 0 saturated carbocycles. The lowest BCUT2D eigenvalue weighted by atomic mass is 10.0. The summed E-state index contributed by atoms with van der Waals surface area (Å²) in [5, 5.41) is 1.37. The highest BCUT2D eigenvalue weighted by molar-refractivity contribution is 6.04. The summed E-state index contributed by atoms with van der Waals surface area (Å²) in [6, 6.07) is 6.61. The Morgan fingerprint density at radius 2 is 2.13 bits per heavy atom. The monoisotopic (exact) mass is 198 g/mol. The molecule has 0 unspecified atom stereocenters. The van der Waals surface area contributed by atoms with Crippen LogP contribution in [0.5, 0.6) is 0 Å². The fourth-order valence-corrected chi connectivity index (χ4v) is 2.35. The molecule has 0 aliphatic carbocycles. The zero-order chi connectivity index (χ0) is 10.4. The number of fused-ring (bicyclic) bond motifs is 3. The van der Waals surface area contributed by atoms with Crippen LogP contribution >= 0.6 is 0 Å². The zero-order valence-electron chi connectivity index (χ0n) is 9.09. The van der Waals surface area contributed by atoms with Gasteiger partial charge in [-0.3, -0.25) is 4.99 Å². The van der Waals surface area contributed by atoms with Crippen LogP contribution in [0.2, 0.25) is 0 Å². The Bertz CT molecular complexity index is 561. The minimum atomic E-state index is 0.930. The van der Waals surface area contributed by atoms with Crippen molar-refractivity contribution < 1.29 is 0 Å². The number of rotatable bonds is 0. The van der Waals surface area contributed by atoms with Gasteiger partial charge < -0.3 is 4.98 Å². The summed E-state index contributed by atoms with van der Waals surface area (Å²) < 4.78 is 0. The normalized spacial score (nSPS) is 15.2. The van der Waals surface area contributed by atoms with Gasteiger partial charge in [0, 0.05) is 17.4 Å².